The third kappa shape index (κ3) is 3.99. The van der Waals surface area contributed by atoms with Crippen molar-refractivity contribution in [3.63, 3.8) is 0 Å². The van der Waals surface area contributed by atoms with Gasteiger partial charge in [-0.1, -0.05) is 75.7 Å². The predicted octanol–water partition coefficient (Wildman–Crippen LogP) is 7.38. The quantitative estimate of drug-likeness (QED) is 0.127. The molecule has 0 saturated carbocycles. The van der Waals surface area contributed by atoms with Gasteiger partial charge in [0.15, 0.2) is 11.5 Å². The minimum Gasteiger partial charge on any atom is -0.493 e. The predicted molar refractivity (Wildman–Crippen MR) is 147 cm³/mol. The molecular formula is C25H14Cl6N2O5. The van der Waals surface area contributed by atoms with Gasteiger partial charge in [0, 0.05) is 15.7 Å². The molecule has 0 aliphatic carbocycles. The third-order valence-electron chi connectivity index (χ3n) is 6.35. The Balaban J connectivity index is 1.67. The number of carbonyl (C=O) groups excluding carboxylic acids is 3. The van der Waals surface area contributed by atoms with Crippen LogP contribution in [0.4, 0.5) is 5.69 Å². The van der Waals surface area contributed by atoms with Crippen LogP contribution in [0.3, 0.4) is 0 Å². The second-order valence-electron chi connectivity index (χ2n) is 8.33. The number of carbonyl (C=O) groups is 3. The van der Waals surface area contributed by atoms with E-state index in [0.29, 0.717) is 32.8 Å². The van der Waals surface area contributed by atoms with Crippen LogP contribution in [-0.4, -0.2) is 42.9 Å². The van der Waals surface area contributed by atoms with Gasteiger partial charge < -0.3 is 14.4 Å². The molecule has 0 unspecified atom stereocenters. The van der Waals surface area contributed by atoms with Gasteiger partial charge in [-0.25, -0.2) is 0 Å². The molecule has 3 aromatic rings. The summed E-state index contributed by atoms with van der Waals surface area (Å²) < 4.78 is 10.8. The van der Waals surface area contributed by atoms with Gasteiger partial charge in [-0.3, -0.25) is 19.3 Å². The van der Waals surface area contributed by atoms with Crippen LogP contribution in [0.1, 0.15) is 32.3 Å². The number of ether oxygens (including phenoxy) is 2. The van der Waals surface area contributed by atoms with E-state index < -0.39 is 29.8 Å². The first-order valence-electron chi connectivity index (χ1n) is 10.8. The Labute approximate surface area is 246 Å². The number of anilines is 1. The normalized spacial score (nSPS) is 18.6. The highest BCUT2D eigenvalue weighted by Crippen LogP contribution is 2.50. The smallest absolute Gasteiger partial charge is 0.264 e. The number of rotatable bonds is 5. The third-order valence-corrected chi connectivity index (χ3v) is 8.59. The Kier molecular flexibility index (Phi) is 7.14. The molecule has 0 aromatic heterocycles. The number of nitrogens with zero attached hydrogens (tertiary/aromatic N) is 2. The van der Waals surface area contributed by atoms with E-state index in [1.54, 1.807) is 30.3 Å². The lowest BCUT2D eigenvalue weighted by Gasteiger charge is -2.49. The Morgan fingerprint density at radius 3 is 1.66 bits per heavy atom. The molecule has 2 heterocycles. The fourth-order valence-electron chi connectivity index (χ4n) is 4.68. The average Bonchev–Trinajstić information content (AvgIpc) is 3.13. The number of hydrogen-bond acceptors (Lipinski definition) is 5. The van der Waals surface area contributed by atoms with Crippen molar-refractivity contribution in [1.82, 2.24) is 4.90 Å². The molecule has 7 nitrogen and oxygen atoms in total. The number of amides is 3. The van der Waals surface area contributed by atoms with Crippen LogP contribution in [0.15, 0.2) is 36.4 Å². The number of β-lactam (4-membered cyclic amide) rings is 1. The molecule has 0 bridgehead atoms. The van der Waals surface area contributed by atoms with Gasteiger partial charge in [0.2, 0.25) is 0 Å². The number of hydrogen-bond donors (Lipinski definition) is 0. The fourth-order valence-corrected chi connectivity index (χ4v) is 6.21. The molecule has 3 aromatic carbocycles. The second-order valence-corrected chi connectivity index (χ2v) is 10.7. The zero-order chi connectivity index (χ0) is 27.6. The van der Waals surface area contributed by atoms with Crippen molar-refractivity contribution in [2.24, 2.45) is 0 Å². The van der Waals surface area contributed by atoms with Gasteiger partial charge in [-0.05, 0) is 35.9 Å². The van der Waals surface area contributed by atoms with Crippen molar-refractivity contribution in [2.75, 3.05) is 19.1 Å². The molecule has 2 atom stereocenters. The molecule has 196 valence electrons. The largest absolute Gasteiger partial charge is 0.493 e. The highest BCUT2D eigenvalue weighted by Gasteiger charge is 2.58. The standard InChI is InChI=1S/C25H14Cl6N2O5/c1-37-13-4-3-9(5-14(13)38-2)21-22(25(36)32(21)12-7-10(26)6-11(27)8-12)33-23(34)15-16(24(33)35)18(29)20(31)19(30)17(15)28/h3-8,21-22H,1-2H3/t21-,22-/m1/s1. The number of imide groups is 1. The van der Waals surface area contributed by atoms with E-state index in [1.165, 1.54) is 25.2 Å². The summed E-state index contributed by atoms with van der Waals surface area (Å²) in [5.74, 6) is -1.41. The zero-order valence-corrected chi connectivity index (χ0v) is 23.9. The molecule has 3 amide bonds. The fraction of sp³-hybridized carbons (Fsp3) is 0.160. The first-order valence-corrected chi connectivity index (χ1v) is 13.0. The van der Waals surface area contributed by atoms with Gasteiger partial charge in [-0.15, -0.1) is 0 Å². The summed E-state index contributed by atoms with van der Waals surface area (Å²) in [7, 11) is 2.94. The number of methoxy groups -OCH3 is 2. The van der Waals surface area contributed by atoms with Crippen molar-refractivity contribution in [2.45, 2.75) is 12.1 Å². The molecule has 0 spiro atoms. The molecule has 5 rings (SSSR count). The molecule has 0 N–H and O–H groups in total. The first-order chi connectivity index (χ1) is 18.0. The van der Waals surface area contributed by atoms with Crippen molar-refractivity contribution < 1.29 is 23.9 Å². The molecule has 0 radical (unpaired) electrons. The van der Waals surface area contributed by atoms with Gasteiger partial charge in [0.05, 0.1) is 51.5 Å². The molecule has 2 aliphatic rings. The number of benzene rings is 3. The topological polar surface area (TPSA) is 76.2 Å². The lowest BCUT2D eigenvalue weighted by Crippen LogP contribution is -2.67. The summed E-state index contributed by atoms with van der Waals surface area (Å²) in [6.07, 6.45) is 0. The van der Waals surface area contributed by atoms with E-state index in [9.17, 15) is 14.4 Å². The average molecular weight is 635 g/mol. The van der Waals surface area contributed by atoms with Crippen LogP contribution in [-0.2, 0) is 4.79 Å². The molecule has 2 aliphatic heterocycles. The maximum absolute atomic E-state index is 13.7. The summed E-state index contributed by atoms with van der Waals surface area (Å²) in [6.45, 7) is 0. The molecule has 38 heavy (non-hydrogen) atoms. The van der Waals surface area contributed by atoms with Crippen LogP contribution < -0.4 is 14.4 Å². The maximum Gasteiger partial charge on any atom is 0.264 e. The highest BCUT2D eigenvalue weighted by molar-refractivity contribution is 6.55. The highest BCUT2D eigenvalue weighted by atomic mass is 35.5. The van der Waals surface area contributed by atoms with Crippen LogP contribution in [0.25, 0.3) is 0 Å². The van der Waals surface area contributed by atoms with E-state index in [4.69, 9.17) is 79.1 Å². The van der Waals surface area contributed by atoms with Crippen molar-refractivity contribution >= 4 is 93.0 Å². The Bertz CT molecular complexity index is 1490. The van der Waals surface area contributed by atoms with Crippen LogP contribution in [0.5, 0.6) is 11.5 Å². The summed E-state index contributed by atoms with van der Waals surface area (Å²) in [4.78, 5) is 43.1. The minimum atomic E-state index is -1.28. The van der Waals surface area contributed by atoms with Crippen molar-refractivity contribution in [3.8, 4) is 11.5 Å². The lowest BCUT2D eigenvalue weighted by molar-refractivity contribution is -0.130. The van der Waals surface area contributed by atoms with E-state index in [2.05, 4.69) is 0 Å². The molecule has 13 heteroatoms. The van der Waals surface area contributed by atoms with Crippen LogP contribution in [0, 0.1) is 0 Å². The Morgan fingerprint density at radius 2 is 1.16 bits per heavy atom. The van der Waals surface area contributed by atoms with Gasteiger partial charge in [-0.2, -0.15) is 0 Å². The lowest BCUT2D eigenvalue weighted by atomic mass is 9.86. The zero-order valence-electron chi connectivity index (χ0n) is 19.3. The first kappa shape index (κ1) is 27.2. The number of fused-ring (bicyclic) bond motifs is 1. The van der Waals surface area contributed by atoms with Gasteiger partial charge in [0.1, 0.15) is 6.04 Å². The summed E-state index contributed by atoms with van der Waals surface area (Å²) in [5.41, 5.74) is 0.453. The van der Waals surface area contributed by atoms with E-state index >= 15 is 0 Å². The van der Waals surface area contributed by atoms with E-state index in [1.807, 2.05) is 0 Å². The monoisotopic (exact) mass is 632 g/mol. The minimum absolute atomic E-state index is 0.174. The summed E-state index contributed by atoms with van der Waals surface area (Å²) in [6, 6.07) is 7.46. The second kappa shape index (κ2) is 9.97. The SMILES string of the molecule is COc1ccc([C@@H]2[C@@H](N3C(=O)c4c(Cl)c(Cl)c(Cl)c(Cl)c4C3=O)C(=O)N2c2cc(Cl)cc(Cl)c2)cc1OC. The van der Waals surface area contributed by atoms with Crippen LogP contribution in [0.2, 0.25) is 30.1 Å². The summed E-state index contributed by atoms with van der Waals surface area (Å²) >= 11 is 37.3. The number of halogens is 6. The Morgan fingerprint density at radius 1 is 0.632 bits per heavy atom. The van der Waals surface area contributed by atoms with Gasteiger partial charge in [0.25, 0.3) is 17.7 Å². The van der Waals surface area contributed by atoms with Crippen molar-refractivity contribution in [1.29, 1.82) is 0 Å². The molecular weight excluding hydrogens is 621 g/mol. The molecule has 1 saturated heterocycles. The van der Waals surface area contributed by atoms with E-state index in [0.717, 1.165) is 4.90 Å². The molecule has 1 fully saturated rings. The van der Waals surface area contributed by atoms with Crippen molar-refractivity contribution in [3.05, 3.63) is 83.2 Å². The van der Waals surface area contributed by atoms with Crippen LogP contribution >= 0.6 is 69.6 Å². The Hall–Kier alpha value is -2.39. The van der Waals surface area contributed by atoms with E-state index in [-0.39, 0.29) is 31.2 Å². The maximum atomic E-state index is 13.7. The van der Waals surface area contributed by atoms with Gasteiger partial charge >= 0.3 is 0 Å². The summed E-state index contributed by atoms with van der Waals surface area (Å²) in [5, 5.41) is -0.232.